The van der Waals surface area contributed by atoms with E-state index in [0.29, 0.717) is 22.9 Å². The molecule has 0 amide bonds. The third kappa shape index (κ3) is 1.99. The fourth-order valence-corrected chi connectivity index (χ4v) is 1.49. The van der Waals surface area contributed by atoms with Crippen molar-refractivity contribution in [2.24, 2.45) is 0 Å². The first-order valence-corrected chi connectivity index (χ1v) is 5.13. The van der Waals surface area contributed by atoms with Crippen molar-refractivity contribution in [2.45, 2.75) is 19.8 Å². The standard InChI is InChI=1S/C10H10ClN3O/c1-2-3-8(15)7-6-14-10(12-7)5-4-9(11)13-14/h4-6H,2-3H2,1H3. The number of carbonyl (C=O) groups excluding carboxylic acids is 1. The van der Waals surface area contributed by atoms with Gasteiger partial charge in [0.15, 0.2) is 11.4 Å². The fourth-order valence-electron chi connectivity index (χ4n) is 1.35. The van der Waals surface area contributed by atoms with Gasteiger partial charge in [-0.15, -0.1) is 0 Å². The number of Topliss-reactive ketones (excluding diaryl/α,β-unsaturated/α-hetero) is 1. The Morgan fingerprint density at radius 2 is 2.33 bits per heavy atom. The summed E-state index contributed by atoms with van der Waals surface area (Å²) in [5, 5.41) is 4.39. The number of halogens is 1. The smallest absolute Gasteiger partial charge is 0.182 e. The van der Waals surface area contributed by atoms with Crippen molar-refractivity contribution in [2.75, 3.05) is 0 Å². The second-order valence-electron chi connectivity index (χ2n) is 3.26. The van der Waals surface area contributed by atoms with Crippen molar-refractivity contribution >= 4 is 23.0 Å². The molecular formula is C10H10ClN3O. The van der Waals surface area contributed by atoms with E-state index in [1.54, 1.807) is 18.3 Å². The van der Waals surface area contributed by atoms with Crippen molar-refractivity contribution in [3.05, 3.63) is 29.2 Å². The molecule has 0 aromatic carbocycles. The van der Waals surface area contributed by atoms with Gasteiger partial charge in [-0.1, -0.05) is 18.5 Å². The van der Waals surface area contributed by atoms with E-state index in [2.05, 4.69) is 10.1 Å². The van der Waals surface area contributed by atoms with Crippen LogP contribution in [0, 0.1) is 0 Å². The van der Waals surface area contributed by atoms with Gasteiger partial charge in [-0.3, -0.25) is 4.79 Å². The second-order valence-corrected chi connectivity index (χ2v) is 3.65. The third-order valence-electron chi connectivity index (χ3n) is 2.05. The van der Waals surface area contributed by atoms with Crippen LogP contribution in [0.2, 0.25) is 5.15 Å². The highest BCUT2D eigenvalue weighted by atomic mass is 35.5. The highest BCUT2D eigenvalue weighted by molar-refractivity contribution is 6.29. The van der Waals surface area contributed by atoms with E-state index in [0.717, 1.165) is 6.42 Å². The number of hydrogen-bond donors (Lipinski definition) is 0. The van der Waals surface area contributed by atoms with Crippen LogP contribution in [0.15, 0.2) is 18.3 Å². The van der Waals surface area contributed by atoms with Crippen LogP contribution in [0.1, 0.15) is 30.3 Å². The van der Waals surface area contributed by atoms with Crippen LogP contribution < -0.4 is 0 Å². The Kier molecular flexibility index (Phi) is 2.68. The van der Waals surface area contributed by atoms with Gasteiger partial charge < -0.3 is 0 Å². The molecule has 2 aromatic rings. The maximum atomic E-state index is 11.6. The summed E-state index contributed by atoms with van der Waals surface area (Å²) in [4.78, 5) is 15.7. The first-order chi connectivity index (χ1) is 7.20. The zero-order chi connectivity index (χ0) is 10.8. The molecule has 0 radical (unpaired) electrons. The Bertz CT molecular complexity index is 506. The molecule has 4 nitrogen and oxygen atoms in total. The highest BCUT2D eigenvalue weighted by Crippen LogP contribution is 2.09. The summed E-state index contributed by atoms with van der Waals surface area (Å²) >= 11 is 5.72. The van der Waals surface area contributed by atoms with Crippen LogP contribution in [0.4, 0.5) is 0 Å². The molecule has 2 heterocycles. The quantitative estimate of drug-likeness (QED) is 0.751. The highest BCUT2D eigenvalue weighted by Gasteiger charge is 2.10. The number of ketones is 1. The molecule has 2 rings (SSSR count). The molecular weight excluding hydrogens is 214 g/mol. The lowest BCUT2D eigenvalue weighted by Gasteiger charge is -1.90. The molecule has 5 heteroatoms. The molecule has 0 saturated heterocycles. The number of rotatable bonds is 3. The summed E-state index contributed by atoms with van der Waals surface area (Å²) in [5.41, 5.74) is 1.09. The summed E-state index contributed by atoms with van der Waals surface area (Å²) in [6.07, 6.45) is 2.94. The number of aromatic nitrogens is 3. The first-order valence-electron chi connectivity index (χ1n) is 4.76. The summed E-state index contributed by atoms with van der Waals surface area (Å²) in [7, 11) is 0. The van der Waals surface area contributed by atoms with Crippen LogP contribution in [0.5, 0.6) is 0 Å². The number of carbonyl (C=O) groups is 1. The maximum Gasteiger partial charge on any atom is 0.182 e. The Balaban J connectivity index is 2.42. The van der Waals surface area contributed by atoms with Crippen molar-refractivity contribution in [1.82, 2.24) is 14.6 Å². The largest absolute Gasteiger partial charge is 0.292 e. The van der Waals surface area contributed by atoms with Crippen LogP contribution in [-0.2, 0) is 0 Å². The van der Waals surface area contributed by atoms with Crippen LogP contribution in [-0.4, -0.2) is 20.4 Å². The lowest BCUT2D eigenvalue weighted by molar-refractivity contribution is 0.0977. The van der Waals surface area contributed by atoms with Crippen LogP contribution in [0.25, 0.3) is 5.65 Å². The average molecular weight is 224 g/mol. The Morgan fingerprint density at radius 1 is 1.53 bits per heavy atom. The van der Waals surface area contributed by atoms with E-state index >= 15 is 0 Å². The molecule has 0 saturated carbocycles. The normalized spacial score (nSPS) is 10.8. The molecule has 0 aliphatic heterocycles. The predicted molar refractivity (Wildman–Crippen MR) is 57.2 cm³/mol. The molecule has 0 spiro atoms. The van der Waals surface area contributed by atoms with Gasteiger partial charge in [-0.2, -0.15) is 5.10 Å². The maximum absolute atomic E-state index is 11.6. The molecule has 0 aliphatic rings. The minimum Gasteiger partial charge on any atom is -0.292 e. The predicted octanol–water partition coefficient (Wildman–Crippen LogP) is 2.37. The molecule has 2 aromatic heterocycles. The Morgan fingerprint density at radius 3 is 3.07 bits per heavy atom. The topological polar surface area (TPSA) is 47.3 Å². The van der Waals surface area contributed by atoms with Gasteiger partial charge in [0, 0.05) is 6.42 Å². The fraction of sp³-hybridized carbons (Fsp3) is 0.300. The lowest BCUT2D eigenvalue weighted by Crippen LogP contribution is -1.97. The summed E-state index contributed by atoms with van der Waals surface area (Å²) < 4.78 is 1.52. The van der Waals surface area contributed by atoms with E-state index < -0.39 is 0 Å². The Labute approximate surface area is 91.9 Å². The zero-order valence-electron chi connectivity index (χ0n) is 8.27. The molecule has 0 bridgehead atoms. The third-order valence-corrected chi connectivity index (χ3v) is 2.25. The minimum absolute atomic E-state index is 0.0409. The number of hydrogen-bond acceptors (Lipinski definition) is 3. The molecule has 0 atom stereocenters. The van der Waals surface area contributed by atoms with E-state index in [9.17, 15) is 4.79 Å². The number of fused-ring (bicyclic) bond motifs is 1. The van der Waals surface area contributed by atoms with E-state index in [-0.39, 0.29) is 5.78 Å². The second kappa shape index (κ2) is 3.98. The monoisotopic (exact) mass is 223 g/mol. The van der Waals surface area contributed by atoms with E-state index in [1.165, 1.54) is 4.52 Å². The summed E-state index contributed by atoms with van der Waals surface area (Å²) in [5.74, 6) is 0.0409. The molecule has 0 aliphatic carbocycles. The van der Waals surface area contributed by atoms with Gasteiger partial charge in [-0.05, 0) is 18.6 Å². The van der Waals surface area contributed by atoms with Gasteiger partial charge in [-0.25, -0.2) is 9.50 Å². The van der Waals surface area contributed by atoms with Crippen LogP contribution in [0.3, 0.4) is 0 Å². The van der Waals surface area contributed by atoms with E-state index in [4.69, 9.17) is 11.6 Å². The molecule has 0 N–H and O–H groups in total. The molecule has 0 fully saturated rings. The SMILES string of the molecule is CCCC(=O)c1cn2nc(Cl)ccc2n1. The van der Waals surface area contributed by atoms with Gasteiger partial charge in [0.2, 0.25) is 0 Å². The van der Waals surface area contributed by atoms with Crippen molar-refractivity contribution in [1.29, 1.82) is 0 Å². The first kappa shape index (κ1) is 10.1. The van der Waals surface area contributed by atoms with Gasteiger partial charge in [0.25, 0.3) is 0 Å². The lowest BCUT2D eigenvalue weighted by atomic mass is 10.2. The summed E-state index contributed by atoms with van der Waals surface area (Å²) in [6, 6.07) is 3.38. The van der Waals surface area contributed by atoms with Gasteiger partial charge in [0.05, 0.1) is 6.20 Å². The zero-order valence-corrected chi connectivity index (χ0v) is 9.03. The van der Waals surface area contributed by atoms with Crippen molar-refractivity contribution in [3.63, 3.8) is 0 Å². The molecule has 15 heavy (non-hydrogen) atoms. The molecule has 78 valence electrons. The minimum atomic E-state index is 0.0409. The van der Waals surface area contributed by atoms with E-state index in [1.807, 2.05) is 6.92 Å². The van der Waals surface area contributed by atoms with Gasteiger partial charge in [0.1, 0.15) is 10.8 Å². The Hall–Kier alpha value is -1.42. The molecule has 0 unspecified atom stereocenters. The number of nitrogens with zero attached hydrogens (tertiary/aromatic N) is 3. The van der Waals surface area contributed by atoms with Crippen molar-refractivity contribution < 1.29 is 4.79 Å². The van der Waals surface area contributed by atoms with Gasteiger partial charge >= 0.3 is 0 Å². The van der Waals surface area contributed by atoms with Crippen LogP contribution >= 0.6 is 11.6 Å². The number of imidazole rings is 1. The summed E-state index contributed by atoms with van der Waals surface area (Å²) in [6.45, 7) is 1.96. The van der Waals surface area contributed by atoms with Crippen molar-refractivity contribution in [3.8, 4) is 0 Å². The average Bonchev–Trinajstić information content (AvgIpc) is 2.60.